The van der Waals surface area contributed by atoms with E-state index >= 15 is 0 Å². The SMILES string of the molecule is C.C.C.C.C.C.C.C.C.C.CCCOCCO.CCCOCCO.[CH2-]C.[U]. The van der Waals surface area contributed by atoms with Crippen LogP contribution in [-0.2, 0) is 9.47 Å². The number of aliphatic hydroxyl groups is 2. The van der Waals surface area contributed by atoms with Crippen molar-refractivity contribution in [3.8, 4) is 0 Å². The number of hydrogen-bond acceptors (Lipinski definition) is 4. The topological polar surface area (TPSA) is 58.9 Å². The minimum absolute atomic E-state index is 0. The molecular weight excluding hydrogens is 566 g/mol. The standard InChI is InChI=1S/2C5H12O2.C2H5.10CH4.U/c2*1-2-4-7-5-3-6;1-2;;;;;;;;;;;/h2*6H,2-5H2,1H3;1H2,2H3;10*1H4;/q;;-1;;;;;;;;;;;. The van der Waals surface area contributed by atoms with Gasteiger partial charge in [0.25, 0.3) is 0 Å². The van der Waals surface area contributed by atoms with Crippen molar-refractivity contribution in [3.05, 3.63) is 6.92 Å². The van der Waals surface area contributed by atoms with Gasteiger partial charge >= 0.3 is 0 Å². The summed E-state index contributed by atoms with van der Waals surface area (Å²) < 4.78 is 9.76. The molecule has 2 N–H and O–H groups in total. The summed E-state index contributed by atoms with van der Waals surface area (Å²) in [5, 5.41) is 16.3. The molecule has 27 heavy (non-hydrogen) atoms. The van der Waals surface area contributed by atoms with Crippen LogP contribution in [0.2, 0.25) is 0 Å². The van der Waals surface area contributed by atoms with Gasteiger partial charge in [0.2, 0.25) is 0 Å². The molecule has 0 unspecified atom stereocenters. The third-order valence-corrected chi connectivity index (χ3v) is 1.17. The van der Waals surface area contributed by atoms with Crippen molar-refractivity contribution in [3.63, 3.8) is 0 Å². The third kappa shape index (κ3) is 211. The van der Waals surface area contributed by atoms with Gasteiger partial charge < -0.3 is 26.6 Å². The summed E-state index contributed by atoms with van der Waals surface area (Å²) in [4.78, 5) is 0. The Bertz CT molecular complexity index is 70.7. The Labute approximate surface area is 204 Å². The van der Waals surface area contributed by atoms with Gasteiger partial charge in [-0.25, -0.2) is 0 Å². The summed E-state index contributed by atoms with van der Waals surface area (Å²) in [5.74, 6) is 0. The summed E-state index contributed by atoms with van der Waals surface area (Å²) in [7, 11) is 0. The molecule has 0 aliphatic rings. The van der Waals surface area contributed by atoms with Gasteiger partial charge in [-0.3, -0.25) is 0 Å². The molecule has 0 rings (SSSR count). The Kier molecular flexibility index (Phi) is 588. The van der Waals surface area contributed by atoms with Gasteiger partial charge in [0.05, 0.1) is 26.4 Å². The van der Waals surface area contributed by atoms with Crippen LogP contribution in [0.15, 0.2) is 0 Å². The van der Waals surface area contributed by atoms with Gasteiger partial charge in [0.1, 0.15) is 0 Å². The van der Waals surface area contributed by atoms with E-state index in [0.29, 0.717) is 13.2 Å². The Morgan fingerprint density at radius 1 is 0.519 bits per heavy atom. The fourth-order valence-corrected chi connectivity index (χ4v) is 0.622. The van der Waals surface area contributed by atoms with Gasteiger partial charge in [-0.05, 0) is 12.8 Å². The van der Waals surface area contributed by atoms with Crippen LogP contribution < -0.4 is 0 Å². The van der Waals surface area contributed by atoms with E-state index in [2.05, 4.69) is 6.92 Å². The molecule has 0 aliphatic carbocycles. The first kappa shape index (κ1) is 105. The fraction of sp³-hybridized carbons (Fsp3) is 0.955. The van der Waals surface area contributed by atoms with Crippen LogP contribution in [0.4, 0.5) is 0 Å². The molecule has 0 atom stereocenters. The van der Waals surface area contributed by atoms with Gasteiger partial charge in [0, 0.05) is 44.3 Å². The van der Waals surface area contributed by atoms with E-state index < -0.39 is 0 Å². The predicted octanol–water partition coefficient (Wildman–Crippen LogP) is 8.01. The molecule has 186 valence electrons. The van der Waals surface area contributed by atoms with E-state index in [0.717, 1.165) is 26.1 Å². The minimum atomic E-state index is 0. The van der Waals surface area contributed by atoms with E-state index in [1.165, 1.54) is 0 Å². The fourth-order valence-electron chi connectivity index (χ4n) is 0.622. The van der Waals surface area contributed by atoms with E-state index in [1.54, 1.807) is 6.92 Å². The second kappa shape index (κ2) is 152. The quantitative estimate of drug-likeness (QED) is 0.210. The molecule has 0 saturated carbocycles. The van der Waals surface area contributed by atoms with Crippen molar-refractivity contribution in [1.82, 2.24) is 0 Å². The van der Waals surface area contributed by atoms with Crippen molar-refractivity contribution in [2.45, 2.75) is 108 Å². The molecule has 0 radical (unpaired) electrons. The molecule has 0 fully saturated rings. The predicted molar refractivity (Wildman–Crippen MR) is 135 cm³/mol. The smallest absolute Gasteiger partial charge is 0.0697 e. The van der Waals surface area contributed by atoms with Gasteiger partial charge in [0.15, 0.2) is 0 Å². The number of hydrogen-bond donors (Lipinski definition) is 2. The molecular formula is C22H69O4U-. The second-order valence-electron chi connectivity index (χ2n) is 2.67. The maximum atomic E-state index is 8.17. The molecule has 5 heteroatoms. The first-order chi connectivity index (χ1) is 7.83. The van der Waals surface area contributed by atoms with Crippen LogP contribution in [0, 0.1) is 38.0 Å². The van der Waals surface area contributed by atoms with E-state index in [1.807, 2.05) is 13.8 Å². The Morgan fingerprint density at radius 3 is 0.815 bits per heavy atom. The zero-order chi connectivity index (χ0) is 13.1. The average Bonchev–Trinajstić information content (AvgIpc) is 2.34. The molecule has 0 aromatic carbocycles. The molecule has 0 aliphatic heterocycles. The molecule has 0 amide bonds. The molecule has 0 spiro atoms. The summed E-state index contributed by atoms with van der Waals surface area (Å²) in [5.41, 5.74) is 0. The Hall–Kier alpha value is 0.892. The van der Waals surface area contributed by atoms with Crippen LogP contribution in [0.5, 0.6) is 0 Å². The van der Waals surface area contributed by atoms with Crippen molar-refractivity contribution in [2.24, 2.45) is 0 Å². The van der Waals surface area contributed by atoms with E-state index in [9.17, 15) is 0 Å². The van der Waals surface area contributed by atoms with Crippen LogP contribution in [0.3, 0.4) is 0 Å². The Balaban J connectivity index is -0.00000000693. The third-order valence-electron chi connectivity index (χ3n) is 1.17. The van der Waals surface area contributed by atoms with Gasteiger partial charge in [-0.1, -0.05) is 88.1 Å². The van der Waals surface area contributed by atoms with Crippen LogP contribution >= 0.6 is 0 Å². The first-order valence-corrected chi connectivity index (χ1v) is 5.91. The van der Waals surface area contributed by atoms with Crippen molar-refractivity contribution in [1.29, 1.82) is 0 Å². The van der Waals surface area contributed by atoms with Crippen molar-refractivity contribution < 1.29 is 50.8 Å². The molecule has 0 saturated heterocycles. The zero-order valence-corrected chi connectivity index (χ0v) is 15.7. The van der Waals surface area contributed by atoms with Crippen molar-refractivity contribution >= 4 is 0 Å². The van der Waals surface area contributed by atoms with Crippen LogP contribution in [0.1, 0.15) is 108 Å². The summed E-state index contributed by atoms with van der Waals surface area (Å²) in [6, 6.07) is 0. The van der Waals surface area contributed by atoms with Gasteiger partial charge in [-0.15, -0.1) is 0 Å². The second-order valence-corrected chi connectivity index (χ2v) is 2.67. The molecule has 4 nitrogen and oxygen atoms in total. The van der Waals surface area contributed by atoms with Crippen LogP contribution in [0.25, 0.3) is 0 Å². The number of rotatable bonds is 8. The van der Waals surface area contributed by atoms with E-state index in [4.69, 9.17) is 19.7 Å². The summed E-state index contributed by atoms with van der Waals surface area (Å²) in [6.07, 6.45) is 2.06. The first-order valence-electron chi connectivity index (χ1n) is 5.91. The normalized spacial score (nSPS) is 5.11. The molecule has 0 aromatic heterocycles. The Morgan fingerprint density at radius 2 is 0.704 bits per heavy atom. The van der Waals surface area contributed by atoms with Gasteiger partial charge in [-0.2, -0.15) is 6.92 Å². The van der Waals surface area contributed by atoms with Crippen molar-refractivity contribution in [2.75, 3.05) is 39.6 Å². The zero-order valence-electron chi connectivity index (χ0n) is 11.6. The maximum absolute atomic E-state index is 8.17. The van der Waals surface area contributed by atoms with E-state index in [-0.39, 0.29) is 119 Å². The monoisotopic (exact) mass is 636 g/mol. The number of aliphatic hydroxyl groups excluding tert-OH is 2. The minimum Gasteiger partial charge on any atom is -0.394 e. The summed E-state index contributed by atoms with van der Waals surface area (Å²) in [6.45, 7) is 11.8. The molecule has 0 heterocycles. The summed E-state index contributed by atoms with van der Waals surface area (Å²) >= 11 is 0. The average molecular weight is 636 g/mol. The molecule has 0 bridgehead atoms. The number of ether oxygens (including phenoxy) is 2. The maximum Gasteiger partial charge on any atom is 0.0697 e. The molecule has 0 aromatic rings. The van der Waals surface area contributed by atoms with Crippen LogP contribution in [-0.4, -0.2) is 49.9 Å². The largest absolute Gasteiger partial charge is 0.394 e.